The number of nitrogens with zero attached hydrogens (tertiary/aromatic N) is 2. The molecule has 0 aromatic carbocycles. The summed E-state index contributed by atoms with van der Waals surface area (Å²) >= 11 is 0. The minimum Gasteiger partial charge on any atom is -0.480 e. The summed E-state index contributed by atoms with van der Waals surface area (Å²) in [6, 6.07) is 0. The fourth-order valence-electron chi connectivity index (χ4n) is 1.20. The minimum absolute atomic E-state index is 0.0958. The number of ether oxygens (including phenoxy) is 1. The lowest BCUT2D eigenvalue weighted by Crippen LogP contribution is -2.35. The normalized spacial score (nSPS) is 14.9. The van der Waals surface area contributed by atoms with E-state index in [2.05, 4.69) is 9.97 Å². The molecule has 0 radical (unpaired) electrons. The standard InChI is InChI=1S/C9H15N3O2/c1-3-9(13,6-10)7-8(14-2)12-5-4-11-7/h4-5,13H,3,6,10H2,1-2H3. The molecule has 78 valence electrons. The molecule has 0 spiro atoms. The van der Waals surface area contributed by atoms with Gasteiger partial charge in [-0.05, 0) is 6.42 Å². The lowest BCUT2D eigenvalue weighted by Gasteiger charge is -2.24. The van der Waals surface area contributed by atoms with Gasteiger partial charge in [0.2, 0.25) is 5.88 Å². The number of aliphatic hydroxyl groups is 1. The average Bonchev–Trinajstić information content (AvgIpc) is 2.28. The van der Waals surface area contributed by atoms with Crippen molar-refractivity contribution in [3.63, 3.8) is 0 Å². The Morgan fingerprint density at radius 1 is 1.50 bits per heavy atom. The van der Waals surface area contributed by atoms with E-state index < -0.39 is 5.60 Å². The van der Waals surface area contributed by atoms with Gasteiger partial charge in [0.25, 0.3) is 0 Å². The molecule has 1 rings (SSSR count). The summed E-state index contributed by atoms with van der Waals surface area (Å²) in [5.74, 6) is 0.322. The van der Waals surface area contributed by atoms with Gasteiger partial charge in [-0.2, -0.15) is 0 Å². The van der Waals surface area contributed by atoms with Crippen LogP contribution in [0.2, 0.25) is 0 Å². The van der Waals surface area contributed by atoms with Crippen LogP contribution in [-0.2, 0) is 5.60 Å². The van der Waals surface area contributed by atoms with Crippen molar-refractivity contribution in [1.29, 1.82) is 0 Å². The fourth-order valence-corrected chi connectivity index (χ4v) is 1.20. The third-order valence-electron chi connectivity index (χ3n) is 2.22. The molecule has 5 nitrogen and oxygen atoms in total. The van der Waals surface area contributed by atoms with Crippen molar-refractivity contribution >= 4 is 0 Å². The largest absolute Gasteiger partial charge is 0.480 e. The van der Waals surface area contributed by atoms with Gasteiger partial charge in [-0.25, -0.2) is 4.98 Å². The Morgan fingerprint density at radius 3 is 2.64 bits per heavy atom. The summed E-state index contributed by atoms with van der Waals surface area (Å²) in [6.07, 6.45) is 3.49. The molecule has 1 atom stereocenters. The van der Waals surface area contributed by atoms with Crippen LogP contribution in [0.4, 0.5) is 0 Å². The summed E-state index contributed by atoms with van der Waals surface area (Å²) in [7, 11) is 1.49. The third kappa shape index (κ3) is 1.83. The summed E-state index contributed by atoms with van der Waals surface area (Å²) in [5, 5.41) is 10.1. The molecule has 0 aliphatic rings. The smallest absolute Gasteiger partial charge is 0.238 e. The van der Waals surface area contributed by atoms with Crippen molar-refractivity contribution in [3.8, 4) is 5.88 Å². The van der Waals surface area contributed by atoms with E-state index >= 15 is 0 Å². The van der Waals surface area contributed by atoms with Gasteiger partial charge in [-0.1, -0.05) is 6.92 Å². The Morgan fingerprint density at radius 2 is 2.14 bits per heavy atom. The first-order chi connectivity index (χ1) is 6.68. The van der Waals surface area contributed by atoms with Gasteiger partial charge in [0, 0.05) is 18.9 Å². The monoisotopic (exact) mass is 197 g/mol. The van der Waals surface area contributed by atoms with E-state index in [1.54, 1.807) is 0 Å². The van der Waals surface area contributed by atoms with Crippen LogP contribution in [0.3, 0.4) is 0 Å². The molecule has 0 saturated heterocycles. The predicted octanol–water partition coefficient (Wildman–Crippen LogP) is 0.0415. The zero-order valence-electron chi connectivity index (χ0n) is 8.40. The minimum atomic E-state index is -1.15. The van der Waals surface area contributed by atoms with E-state index in [-0.39, 0.29) is 6.54 Å². The molecule has 5 heteroatoms. The van der Waals surface area contributed by atoms with Crippen molar-refractivity contribution in [2.24, 2.45) is 5.73 Å². The first-order valence-corrected chi connectivity index (χ1v) is 4.46. The number of nitrogens with two attached hydrogens (primary N) is 1. The molecule has 0 fully saturated rings. The van der Waals surface area contributed by atoms with Gasteiger partial charge in [0.1, 0.15) is 11.3 Å². The van der Waals surface area contributed by atoms with E-state index in [0.29, 0.717) is 18.0 Å². The number of rotatable bonds is 4. The second-order valence-corrected chi connectivity index (χ2v) is 3.00. The molecule has 0 aliphatic carbocycles. The molecule has 14 heavy (non-hydrogen) atoms. The van der Waals surface area contributed by atoms with Gasteiger partial charge >= 0.3 is 0 Å². The first kappa shape index (κ1) is 10.9. The zero-order valence-corrected chi connectivity index (χ0v) is 8.40. The van der Waals surface area contributed by atoms with E-state index in [1.165, 1.54) is 19.5 Å². The van der Waals surface area contributed by atoms with Gasteiger partial charge in [-0.15, -0.1) is 0 Å². The Bertz CT molecular complexity index is 300. The molecule has 0 saturated carbocycles. The van der Waals surface area contributed by atoms with Gasteiger partial charge in [0.15, 0.2) is 0 Å². The quantitative estimate of drug-likeness (QED) is 0.712. The fraction of sp³-hybridized carbons (Fsp3) is 0.556. The predicted molar refractivity (Wildman–Crippen MR) is 51.8 cm³/mol. The van der Waals surface area contributed by atoms with Crippen molar-refractivity contribution in [1.82, 2.24) is 9.97 Å². The highest BCUT2D eigenvalue weighted by Gasteiger charge is 2.31. The van der Waals surface area contributed by atoms with Crippen molar-refractivity contribution in [3.05, 3.63) is 18.1 Å². The Balaban J connectivity index is 3.15. The molecule has 1 aromatic rings. The Kier molecular flexibility index (Phi) is 3.38. The van der Waals surface area contributed by atoms with Crippen LogP contribution in [0, 0.1) is 0 Å². The highest BCUT2D eigenvalue weighted by Crippen LogP contribution is 2.27. The molecule has 0 bridgehead atoms. The highest BCUT2D eigenvalue weighted by molar-refractivity contribution is 5.24. The molecule has 3 N–H and O–H groups in total. The summed E-state index contributed by atoms with van der Waals surface area (Å²) < 4.78 is 5.01. The van der Waals surface area contributed by atoms with Crippen LogP contribution < -0.4 is 10.5 Å². The Labute approximate surface area is 82.9 Å². The Hall–Kier alpha value is -1.20. The SMILES string of the molecule is CCC(O)(CN)c1nccnc1OC. The number of aromatic nitrogens is 2. The summed E-state index contributed by atoms with van der Waals surface area (Å²) in [5.41, 5.74) is 4.74. The van der Waals surface area contributed by atoms with E-state index in [4.69, 9.17) is 10.5 Å². The van der Waals surface area contributed by atoms with Crippen molar-refractivity contribution in [2.75, 3.05) is 13.7 Å². The number of hydrogen-bond acceptors (Lipinski definition) is 5. The molecule has 1 unspecified atom stereocenters. The second-order valence-electron chi connectivity index (χ2n) is 3.00. The van der Waals surface area contributed by atoms with Gasteiger partial charge in [0.05, 0.1) is 7.11 Å². The highest BCUT2D eigenvalue weighted by atomic mass is 16.5. The topological polar surface area (TPSA) is 81.3 Å². The van der Waals surface area contributed by atoms with Crippen LogP contribution in [-0.4, -0.2) is 28.7 Å². The molecule has 0 amide bonds. The van der Waals surface area contributed by atoms with Gasteiger partial charge < -0.3 is 15.6 Å². The van der Waals surface area contributed by atoms with Crippen LogP contribution in [0.25, 0.3) is 0 Å². The van der Waals surface area contributed by atoms with E-state index in [9.17, 15) is 5.11 Å². The second kappa shape index (κ2) is 4.34. The lowest BCUT2D eigenvalue weighted by atomic mass is 9.97. The zero-order chi connectivity index (χ0) is 10.6. The van der Waals surface area contributed by atoms with Crippen LogP contribution in [0.15, 0.2) is 12.4 Å². The molecular formula is C9H15N3O2. The van der Waals surface area contributed by atoms with Crippen LogP contribution in [0.1, 0.15) is 19.0 Å². The maximum absolute atomic E-state index is 10.1. The third-order valence-corrected chi connectivity index (χ3v) is 2.22. The molecular weight excluding hydrogens is 182 g/mol. The summed E-state index contributed by atoms with van der Waals surface area (Å²) in [6.45, 7) is 1.93. The number of hydrogen-bond donors (Lipinski definition) is 2. The molecule has 0 aliphatic heterocycles. The van der Waals surface area contributed by atoms with Crippen LogP contribution in [0.5, 0.6) is 5.88 Å². The average molecular weight is 197 g/mol. The van der Waals surface area contributed by atoms with Gasteiger partial charge in [-0.3, -0.25) is 4.98 Å². The van der Waals surface area contributed by atoms with E-state index in [1.807, 2.05) is 6.92 Å². The van der Waals surface area contributed by atoms with Crippen molar-refractivity contribution in [2.45, 2.75) is 18.9 Å². The maximum Gasteiger partial charge on any atom is 0.238 e. The summed E-state index contributed by atoms with van der Waals surface area (Å²) in [4.78, 5) is 8.00. The number of methoxy groups -OCH3 is 1. The first-order valence-electron chi connectivity index (χ1n) is 4.46. The lowest BCUT2D eigenvalue weighted by molar-refractivity contribution is 0.0341. The molecule has 1 aromatic heterocycles. The maximum atomic E-state index is 10.1. The molecule has 1 heterocycles. The van der Waals surface area contributed by atoms with Crippen molar-refractivity contribution < 1.29 is 9.84 Å². The van der Waals surface area contributed by atoms with E-state index in [0.717, 1.165) is 0 Å². The van der Waals surface area contributed by atoms with Crippen LogP contribution >= 0.6 is 0 Å².